The van der Waals surface area contributed by atoms with Gasteiger partial charge in [-0.1, -0.05) is 47.1 Å². The van der Waals surface area contributed by atoms with E-state index in [0.717, 1.165) is 16.6 Å². The van der Waals surface area contributed by atoms with Crippen molar-refractivity contribution in [1.82, 2.24) is 4.90 Å². The average Bonchev–Trinajstić information content (AvgIpc) is 2.54. The number of ether oxygens (including phenoxy) is 1. The Morgan fingerprint density at radius 1 is 1.17 bits per heavy atom. The van der Waals surface area contributed by atoms with Gasteiger partial charge in [-0.05, 0) is 62.2 Å². The molecule has 1 aliphatic rings. The highest BCUT2D eigenvalue weighted by Crippen LogP contribution is 2.35. The lowest BCUT2D eigenvalue weighted by Crippen LogP contribution is -2.36. The smallest absolute Gasteiger partial charge is 0.120 e. The van der Waals surface area contributed by atoms with E-state index >= 15 is 0 Å². The molecule has 0 fully saturated rings. The van der Waals surface area contributed by atoms with Crippen molar-refractivity contribution in [3.8, 4) is 5.75 Å². The SMILES string of the molecule is CC1c2ccc(OCc3ccccc3Br)cc2CCC1N(C)C. The van der Waals surface area contributed by atoms with E-state index in [1.54, 1.807) is 0 Å². The molecule has 2 unspecified atom stereocenters. The monoisotopic (exact) mass is 373 g/mol. The van der Waals surface area contributed by atoms with Crippen LogP contribution < -0.4 is 4.74 Å². The van der Waals surface area contributed by atoms with Gasteiger partial charge in [0.2, 0.25) is 0 Å². The number of fused-ring (bicyclic) bond motifs is 1. The zero-order chi connectivity index (χ0) is 16.4. The fourth-order valence-electron chi connectivity index (χ4n) is 3.58. The lowest BCUT2D eigenvalue weighted by Gasteiger charge is -2.35. The van der Waals surface area contributed by atoms with Crippen molar-refractivity contribution in [2.45, 2.75) is 38.3 Å². The van der Waals surface area contributed by atoms with Gasteiger partial charge in [-0.25, -0.2) is 0 Å². The first-order chi connectivity index (χ1) is 11.1. The summed E-state index contributed by atoms with van der Waals surface area (Å²) in [5, 5.41) is 0. The van der Waals surface area contributed by atoms with Gasteiger partial charge in [0.05, 0.1) is 0 Å². The third-order valence-corrected chi connectivity index (χ3v) is 5.68. The van der Waals surface area contributed by atoms with E-state index in [4.69, 9.17) is 4.74 Å². The van der Waals surface area contributed by atoms with Crippen LogP contribution >= 0.6 is 15.9 Å². The van der Waals surface area contributed by atoms with Gasteiger partial charge < -0.3 is 9.64 Å². The Hall–Kier alpha value is -1.32. The van der Waals surface area contributed by atoms with E-state index < -0.39 is 0 Å². The Morgan fingerprint density at radius 2 is 1.96 bits per heavy atom. The van der Waals surface area contributed by atoms with E-state index in [2.05, 4.69) is 72.2 Å². The second-order valence-electron chi connectivity index (χ2n) is 6.60. The molecule has 0 saturated heterocycles. The Kier molecular flexibility index (Phi) is 5.08. The van der Waals surface area contributed by atoms with Crippen LogP contribution in [0.1, 0.15) is 36.0 Å². The van der Waals surface area contributed by atoms with Crippen molar-refractivity contribution in [1.29, 1.82) is 0 Å². The number of hydrogen-bond donors (Lipinski definition) is 0. The van der Waals surface area contributed by atoms with Gasteiger partial charge in [0, 0.05) is 16.1 Å². The first-order valence-corrected chi connectivity index (χ1v) is 9.01. The van der Waals surface area contributed by atoms with E-state index in [0.29, 0.717) is 18.6 Å². The molecule has 1 aliphatic carbocycles. The molecule has 3 rings (SSSR count). The van der Waals surface area contributed by atoms with Crippen LogP contribution in [0.25, 0.3) is 0 Å². The zero-order valence-electron chi connectivity index (χ0n) is 14.1. The third-order valence-electron chi connectivity index (χ3n) is 4.91. The maximum atomic E-state index is 6.01. The lowest BCUT2D eigenvalue weighted by molar-refractivity contribution is 0.236. The normalized spacial score (nSPS) is 20.4. The van der Waals surface area contributed by atoms with Crippen LogP contribution in [-0.4, -0.2) is 25.0 Å². The van der Waals surface area contributed by atoms with Gasteiger partial charge in [-0.2, -0.15) is 0 Å². The van der Waals surface area contributed by atoms with Crippen LogP contribution in [0.3, 0.4) is 0 Å². The Morgan fingerprint density at radius 3 is 2.70 bits per heavy atom. The molecule has 0 aliphatic heterocycles. The Bertz CT molecular complexity index is 683. The molecule has 2 aromatic rings. The number of rotatable bonds is 4. The molecule has 0 amide bonds. The molecule has 0 bridgehead atoms. The molecule has 0 radical (unpaired) electrons. The molecule has 2 atom stereocenters. The van der Waals surface area contributed by atoms with Gasteiger partial charge in [0.15, 0.2) is 0 Å². The number of halogens is 1. The van der Waals surface area contributed by atoms with Crippen LogP contribution in [0.4, 0.5) is 0 Å². The molecule has 0 saturated carbocycles. The van der Waals surface area contributed by atoms with Gasteiger partial charge in [-0.3, -0.25) is 0 Å². The second-order valence-corrected chi connectivity index (χ2v) is 7.45. The molecule has 0 aromatic heterocycles. The van der Waals surface area contributed by atoms with Crippen LogP contribution in [0.5, 0.6) is 5.75 Å². The highest BCUT2D eigenvalue weighted by Gasteiger charge is 2.27. The lowest BCUT2D eigenvalue weighted by atomic mass is 9.80. The molecule has 0 heterocycles. The third kappa shape index (κ3) is 3.61. The van der Waals surface area contributed by atoms with E-state index in [9.17, 15) is 0 Å². The molecule has 23 heavy (non-hydrogen) atoms. The minimum Gasteiger partial charge on any atom is -0.489 e. The van der Waals surface area contributed by atoms with Crippen molar-refractivity contribution in [3.63, 3.8) is 0 Å². The number of likely N-dealkylation sites (N-methyl/N-ethyl adjacent to an activating group) is 1. The summed E-state index contributed by atoms with van der Waals surface area (Å²) in [5.41, 5.74) is 4.09. The minimum atomic E-state index is 0.575. The summed E-state index contributed by atoms with van der Waals surface area (Å²) in [5.74, 6) is 1.54. The maximum absolute atomic E-state index is 6.01. The van der Waals surface area contributed by atoms with Gasteiger partial charge in [0.1, 0.15) is 12.4 Å². The van der Waals surface area contributed by atoms with Crippen molar-refractivity contribution in [2.24, 2.45) is 0 Å². The summed E-state index contributed by atoms with van der Waals surface area (Å²) in [4.78, 5) is 2.35. The van der Waals surface area contributed by atoms with Gasteiger partial charge in [0.25, 0.3) is 0 Å². The molecular weight excluding hydrogens is 350 g/mol. The highest BCUT2D eigenvalue weighted by atomic mass is 79.9. The van der Waals surface area contributed by atoms with Crippen LogP contribution in [0, 0.1) is 0 Å². The highest BCUT2D eigenvalue weighted by molar-refractivity contribution is 9.10. The molecule has 0 N–H and O–H groups in total. The number of aryl methyl sites for hydroxylation is 1. The number of benzene rings is 2. The van der Waals surface area contributed by atoms with Crippen molar-refractivity contribution < 1.29 is 4.74 Å². The summed E-state index contributed by atoms with van der Waals surface area (Å²) >= 11 is 3.57. The van der Waals surface area contributed by atoms with E-state index in [1.165, 1.54) is 23.1 Å². The molecule has 2 nitrogen and oxygen atoms in total. The summed E-state index contributed by atoms with van der Waals surface area (Å²) in [7, 11) is 4.36. The van der Waals surface area contributed by atoms with Crippen LogP contribution in [0.2, 0.25) is 0 Å². The fraction of sp³-hybridized carbons (Fsp3) is 0.400. The molecule has 3 heteroatoms. The first-order valence-electron chi connectivity index (χ1n) is 8.21. The summed E-state index contributed by atoms with van der Waals surface area (Å²) < 4.78 is 7.11. The first kappa shape index (κ1) is 16.5. The quantitative estimate of drug-likeness (QED) is 0.746. The molecule has 2 aromatic carbocycles. The van der Waals surface area contributed by atoms with Gasteiger partial charge in [-0.15, -0.1) is 0 Å². The topological polar surface area (TPSA) is 12.5 Å². The maximum Gasteiger partial charge on any atom is 0.120 e. The minimum absolute atomic E-state index is 0.575. The van der Waals surface area contributed by atoms with Crippen molar-refractivity contribution in [2.75, 3.05) is 14.1 Å². The fourth-order valence-corrected chi connectivity index (χ4v) is 3.97. The van der Waals surface area contributed by atoms with E-state index in [1.807, 2.05) is 12.1 Å². The largest absolute Gasteiger partial charge is 0.489 e. The van der Waals surface area contributed by atoms with Crippen LogP contribution in [-0.2, 0) is 13.0 Å². The Labute approximate surface area is 147 Å². The summed E-state index contributed by atoms with van der Waals surface area (Å²) in [6, 6.07) is 15.4. The molecule has 0 spiro atoms. The zero-order valence-corrected chi connectivity index (χ0v) is 15.6. The number of nitrogens with zero attached hydrogens (tertiary/aromatic N) is 1. The second kappa shape index (κ2) is 7.06. The molecular formula is C20H24BrNO. The van der Waals surface area contributed by atoms with Crippen LogP contribution in [0.15, 0.2) is 46.9 Å². The summed E-state index contributed by atoms with van der Waals surface area (Å²) in [6.45, 7) is 2.93. The van der Waals surface area contributed by atoms with Gasteiger partial charge >= 0.3 is 0 Å². The molecule has 122 valence electrons. The van der Waals surface area contributed by atoms with Crippen molar-refractivity contribution in [3.05, 3.63) is 63.6 Å². The van der Waals surface area contributed by atoms with E-state index in [-0.39, 0.29) is 0 Å². The average molecular weight is 374 g/mol. The predicted octanol–water partition coefficient (Wildman–Crippen LogP) is 5.01. The number of hydrogen-bond acceptors (Lipinski definition) is 2. The summed E-state index contributed by atoms with van der Waals surface area (Å²) in [6.07, 6.45) is 2.35. The van der Waals surface area contributed by atoms with Crippen molar-refractivity contribution >= 4 is 15.9 Å². The predicted molar refractivity (Wildman–Crippen MR) is 99.1 cm³/mol. The standard InChI is InChI=1S/C20H24BrNO/c1-14-18-10-9-17(12-15(18)8-11-20(14)22(2)3)23-13-16-6-4-5-7-19(16)21/h4-7,9-10,12,14,20H,8,11,13H2,1-3H3. The Balaban J connectivity index is 1.73.